The highest BCUT2D eigenvalue weighted by Gasteiger charge is 2.37. The van der Waals surface area contributed by atoms with E-state index in [2.05, 4.69) is 0 Å². The van der Waals surface area contributed by atoms with Crippen LogP contribution >= 0.6 is 0 Å². The van der Waals surface area contributed by atoms with Crippen LogP contribution in [0.4, 0.5) is 20.2 Å². The molecule has 14 nitrogen and oxygen atoms in total. The lowest BCUT2D eigenvalue weighted by Gasteiger charge is -2.31. The van der Waals surface area contributed by atoms with E-state index in [1.165, 1.54) is 38.9 Å². The van der Waals surface area contributed by atoms with Gasteiger partial charge in [0.15, 0.2) is 0 Å². The van der Waals surface area contributed by atoms with E-state index in [9.17, 15) is 44.8 Å². The van der Waals surface area contributed by atoms with Crippen LogP contribution in [0.15, 0.2) is 143 Å². The van der Waals surface area contributed by atoms with Crippen molar-refractivity contribution in [3.63, 3.8) is 0 Å². The van der Waals surface area contributed by atoms with Crippen molar-refractivity contribution in [3.8, 4) is 11.1 Å². The molecule has 2 fully saturated rings. The summed E-state index contributed by atoms with van der Waals surface area (Å²) in [5.74, 6) is -1.96. The Balaban J connectivity index is 0.000000182. The van der Waals surface area contributed by atoms with E-state index in [0.29, 0.717) is 82.6 Å². The number of piperidine rings is 2. The van der Waals surface area contributed by atoms with Gasteiger partial charge in [0, 0.05) is 113 Å². The van der Waals surface area contributed by atoms with Crippen LogP contribution in [0.2, 0.25) is 0 Å². The minimum Gasteiger partial charge on any atom is -0.385 e. The molecule has 0 spiro atoms. The zero-order chi connectivity index (χ0) is 56.3. The van der Waals surface area contributed by atoms with E-state index >= 15 is 0 Å². The summed E-state index contributed by atoms with van der Waals surface area (Å²) in [4.78, 5) is 56.8. The molecule has 11 rings (SSSR count). The first-order chi connectivity index (χ1) is 38.6. The lowest BCUT2D eigenvalue weighted by atomic mass is 9.89. The molecule has 2 atom stereocenters. The highest BCUT2D eigenvalue weighted by atomic mass is 32.2. The molecule has 0 saturated carbocycles. The van der Waals surface area contributed by atoms with Gasteiger partial charge in [-0.05, 0) is 138 Å². The normalized spacial score (nSPS) is 17.6. The zero-order valence-electron chi connectivity index (χ0n) is 44.6. The number of anilines is 2. The van der Waals surface area contributed by atoms with Gasteiger partial charge in [0.05, 0.1) is 21.2 Å². The number of benzene rings is 7. The van der Waals surface area contributed by atoms with Gasteiger partial charge in [-0.1, -0.05) is 66.7 Å². The maximum Gasteiger partial charge on any atom is 0.258 e. The van der Waals surface area contributed by atoms with Gasteiger partial charge in [-0.3, -0.25) is 19.2 Å². The fourth-order valence-corrected chi connectivity index (χ4v) is 14.7. The molecule has 416 valence electrons. The first-order valence-corrected chi connectivity index (χ1v) is 29.8. The molecule has 4 aliphatic rings. The number of Topliss-reactive ketones (excluding diaryl/α,β-unsaturated/α-hetero) is 2. The molecule has 0 aliphatic carbocycles. The Morgan fingerprint density at radius 2 is 0.988 bits per heavy atom. The van der Waals surface area contributed by atoms with Gasteiger partial charge in [0.25, 0.3) is 11.8 Å². The van der Waals surface area contributed by atoms with E-state index < -0.39 is 37.7 Å². The molecule has 4 heterocycles. The average molecular weight is 1130 g/mol. The number of amides is 2. The molecule has 7 aromatic carbocycles. The number of nitrogens with zero attached hydrogens (tertiary/aromatic N) is 4. The van der Waals surface area contributed by atoms with Crippen molar-refractivity contribution in [2.24, 2.45) is 11.8 Å². The summed E-state index contributed by atoms with van der Waals surface area (Å²) in [6.07, 6.45) is 4.13. The first kappa shape index (κ1) is 56.2. The van der Waals surface area contributed by atoms with Gasteiger partial charge in [-0.15, -0.1) is 0 Å². The molecule has 0 radical (unpaired) electrons. The Kier molecular flexibility index (Phi) is 16.8. The number of ketones is 2. The molecule has 0 bridgehead atoms. The SMILES string of the molecule is COCCCN1C(=O)c2cccc3c(CC(=O)C4CCCN(S(=O)(=O)c5ccc(-c6ccc(F)cc6)cc5)C4)ccc1c23.COCCCN1C(=O)c2cccc3c(CC(=O)C4CCCN(S(=O)(=O)c5cccc(F)c5)C4)ccc1c23. The number of methoxy groups -OCH3 is 2. The van der Waals surface area contributed by atoms with Crippen molar-refractivity contribution in [2.75, 3.05) is 76.5 Å². The number of ether oxygens (including phenoxy) is 2. The van der Waals surface area contributed by atoms with Crippen molar-refractivity contribution in [3.05, 3.63) is 167 Å². The number of rotatable bonds is 19. The van der Waals surface area contributed by atoms with E-state index in [0.717, 1.165) is 67.7 Å². The second-order valence-electron chi connectivity index (χ2n) is 20.7. The maximum absolute atomic E-state index is 13.7. The Morgan fingerprint density at radius 3 is 1.45 bits per heavy atom. The van der Waals surface area contributed by atoms with Gasteiger partial charge in [0.2, 0.25) is 20.0 Å². The first-order valence-electron chi connectivity index (χ1n) is 27.0. The summed E-state index contributed by atoms with van der Waals surface area (Å²) in [5.41, 5.74) is 6.20. The molecule has 2 unspecified atom stereocenters. The monoisotopic (exact) mass is 1120 g/mol. The summed E-state index contributed by atoms with van der Waals surface area (Å²) >= 11 is 0. The standard InChI is InChI=1S/C34H33FN2O5S.C28H29FN2O5S/c1-42-20-4-19-37-31-17-12-25(29-6-2-7-30(33(29)31)34(37)39)21-32(38)26-5-3-18-36(22-26)43(40,41)28-15-10-24(11-16-28)23-8-13-27(35)14-9-23;1-36-15-5-14-31-25-12-11-19(23-9-3-10-24(27(23)25)28(31)33)16-26(32)20-6-4-13-30(18-20)37(34,35)22-8-2-7-21(29)17-22/h2,6-17,26H,3-5,18-22H2,1H3;2-3,7-12,17,20H,4-6,13-16,18H2,1H3. The number of halogens is 2. The van der Waals surface area contributed by atoms with Crippen molar-refractivity contribution in [1.82, 2.24) is 8.61 Å². The lowest BCUT2D eigenvalue weighted by Crippen LogP contribution is -2.42. The number of carbonyl (C=O) groups is 4. The third-order valence-electron chi connectivity index (χ3n) is 15.7. The smallest absolute Gasteiger partial charge is 0.258 e. The number of hydrogen-bond donors (Lipinski definition) is 0. The molecule has 18 heteroatoms. The minimum atomic E-state index is -3.89. The lowest BCUT2D eigenvalue weighted by molar-refractivity contribution is -0.124. The van der Waals surface area contributed by atoms with Crippen molar-refractivity contribution >= 4 is 76.3 Å². The number of carbonyl (C=O) groups excluding carboxylic acids is 4. The van der Waals surface area contributed by atoms with Gasteiger partial charge in [-0.25, -0.2) is 25.6 Å². The van der Waals surface area contributed by atoms with Gasteiger partial charge in [0.1, 0.15) is 23.2 Å². The fourth-order valence-electron chi connectivity index (χ4n) is 11.6. The quantitative estimate of drug-likeness (QED) is 0.0711. The summed E-state index contributed by atoms with van der Waals surface area (Å²) in [6.45, 7) is 3.08. The number of sulfonamides is 2. The molecular formula is C62H62F2N4O10S2. The molecule has 4 aliphatic heterocycles. The van der Waals surface area contributed by atoms with Crippen LogP contribution in [-0.2, 0) is 52.0 Å². The van der Waals surface area contributed by atoms with Crippen LogP contribution in [0.5, 0.6) is 0 Å². The van der Waals surface area contributed by atoms with Gasteiger partial charge >= 0.3 is 0 Å². The van der Waals surface area contributed by atoms with E-state index in [-0.39, 0.29) is 64.9 Å². The van der Waals surface area contributed by atoms with Gasteiger partial charge in [-0.2, -0.15) is 8.61 Å². The predicted molar refractivity (Wildman–Crippen MR) is 303 cm³/mol. The average Bonchev–Trinajstić information content (AvgIpc) is 3.91. The van der Waals surface area contributed by atoms with Crippen LogP contribution in [0.1, 0.15) is 70.4 Å². The summed E-state index contributed by atoms with van der Waals surface area (Å²) in [5, 5.41) is 3.47. The van der Waals surface area contributed by atoms with Crippen LogP contribution in [-0.4, -0.2) is 116 Å². The molecule has 0 N–H and O–H groups in total. The summed E-state index contributed by atoms with van der Waals surface area (Å²) in [6, 6.07) is 36.4. The van der Waals surface area contributed by atoms with Crippen LogP contribution in [0.3, 0.4) is 0 Å². The Morgan fingerprint density at radius 1 is 0.537 bits per heavy atom. The van der Waals surface area contributed by atoms with Crippen LogP contribution in [0, 0.1) is 23.5 Å². The maximum atomic E-state index is 13.7. The van der Waals surface area contributed by atoms with Crippen LogP contribution in [0.25, 0.3) is 32.7 Å². The molecule has 0 aromatic heterocycles. The van der Waals surface area contributed by atoms with Crippen LogP contribution < -0.4 is 9.80 Å². The zero-order valence-corrected chi connectivity index (χ0v) is 46.2. The Labute approximate surface area is 465 Å². The second kappa shape index (κ2) is 24.0. The molecule has 2 amide bonds. The third-order valence-corrected chi connectivity index (χ3v) is 19.5. The highest BCUT2D eigenvalue weighted by molar-refractivity contribution is 7.89. The van der Waals surface area contributed by atoms with Crippen molar-refractivity contribution in [1.29, 1.82) is 0 Å². The summed E-state index contributed by atoms with van der Waals surface area (Å²) in [7, 11) is -4.42. The summed E-state index contributed by atoms with van der Waals surface area (Å²) < 4.78 is 93.2. The predicted octanol–water partition coefficient (Wildman–Crippen LogP) is 10.0. The third kappa shape index (κ3) is 11.3. The Hall–Kier alpha value is -7.06. The van der Waals surface area contributed by atoms with Crippen molar-refractivity contribution in [2.45, 2.75) is 61.2 Å². The topological polar surface area (TPSA) is 168 Å². The molecule has 7 aromatic rings. The van der Waals surface area contributed by atoms with Crippen molar-refractivity contribution < 1.29 is 54.3 Å². The largest absolute Gasteiger partial charge is 0.385 e. The fraction of sp³-hybridized carbons (Fsp3) is 0.323. The molecule has 80 heavy (non-hydrogen) atoms. The van der Waals surface area contributed by atoms with E-state index in [1.807, 2.05) is 60.7 Å². The number of hydrogen-bond acceptors (Lipinski definition) is 10. The van der Waals surface area contributed by atoms with E-state index in [4.69, 9.17) is 9.47 Å². The molecular weight excluding hydrogens is 1060 g/mol. The van der Waals surface area contributed by atoms with Gasteiger partial charge < -0.3 is 19.3 Å². The second-order valence-corrected chi connectivity index (χ2v) is 24.6. The molecule has 2 saturated heterocycles. The highest BCUT2D eigenvalue weighted by Crippen LogP contribution is 2.41. The minimum absolute atomic E-state index is 0.00599. The Bertz CT molecular complexity index is 3750. The van der Waals surface area contributed by atoms with E-state index in [1.54, 1.807) is 60.4 Å².